The molecule has 140 valence electrons. The average Bonchev–Trinajstić information content (AvgIpc) is 3.07. The van der Waals surface area contributed by atoms with Crippen molar-refractivity contribution in [3.63, 3.8) is 0 Å². The first-order valence-corrected chi connectivity index (χ1v) is 8.98. The van der Waals surface area contributed by atoms with E-state index in [0.29, 0.717) is 44.2 Å². The van der Waals surface area contributed by atoms with Gasteiger partial charge in [0.15, 0.2) is 0 Å². The Morgan fingerprint density at radius 1 is 1.19 bits per heavy atom. The molecule has 0 saturated carbocycles. The van der Waals surface area contributed by atoms with E-state index in [-0.39, 0.29) is 5.91 Å². The van der Waals surface area contributed by atoms with Crippen LogP contribution in [-0.2, 0) is 11.2 Å². The van der Waals surface area contributed by atoms with E-state index in [1.54, 1.807) is 6.07 Å². The SMILES string of the molecule is CCOc1cc(CCC(=O)N2CCN(c3cc(C)nc(C)n3)CC2)on1. The van der Waals surface area contributed by atoms with E-state index in [0.717, 1.165) is 30.4 Å². The van der Waals surface area contributed by atoms with Crippen LogP contribution in [0, 0.1) is 13.8 Å². The summed E-state index contributed by atoms with van der Waals surface area (Å²) in [7, 11) is 0. The summed E-state index contributed by atoms with van der Waals surface area (Å²) in [6, 6.07) is 3.73. The highest BCUT2D eigenvalue weighted by atomic mass is 16.5. The predicted molar refractivity (Wildman–Crippen MR) is 96.3 cm³/mol. The van der Waals surface area contributed by atoms with Gasteiger partial charge in [0.1, 0.15) is 17.4 Å². The number of piperazine rings is 1. The molecule has 2 aromatic heterocycles. The summed E-state index contributed by atoms with van der Waals surface area (Å²) < 4.78 is 10.4. The smallest absolute Gasteiger partial charge is 0.254 e. The fraction of sp³-hybridized carbons (Fsp3) is 0.556. The van der Waals surface area contributed by atoms with Gasteiger partial charge in [0.05, 0.1) is 6.61 Å². The van der Waals surface area contributed by atoms with E-state index >= 15 is 0 Å². The van der Waals surface area contributed by atoms with E-state index < -0.39 is 0 Å². The Bertz CT molecular complexity index is 733. The lowest BCUT2D eigenvalue weighted by atomic mass is 10.2. The van der Waals surface area contributed by atoms with Crippen molar-refractivity contribution < 1.29 is 14.1 Å². The van der Waals surface area contributed by atoms with E-state index in [2.05, 4.69) is 20.0 Å². The van der Waals surface area contributed by atoms with Crippen LogP contribution in [-0.4, -0.2) is 58.7 Å². The Morgan fingerprint density at radius 2 is 1.96 bits per heavy atom. The number of carbonyl (C=O) groups is 1. The van der Waals surface area contributed by atoms with Gasteiger partial charge in [-0.15, -0.1) is 0 Å². The van der Waals surface area contributed by atoms with Crippen molar-refractivity contribution >= 4 is 11.7 Å². The average molecular weight is 359 g/mol. The molecule has 1 saturated heterocycles. The molecule has 1 aliphatic rings. The lowest BCUT2D eigenvalue weighted by molar-refractivity contribution is -0.131. The molecule has 2 aromatic rings. The molecular formula is C18H25N5O3. The third kappa shape index (κ3) is 4.50. The second-order valence-electron chi connectivity index (χ2n) is 6.35. The van der Waals surface area contributed by atoms with Crippen molar-refractivity contribution in [1.82, 2.24) is 20.0 Å². The summed E-state index contributed by atoms with van der Waals surface area (Å²) in [4.78, 5) is 25.4. The second kappa shape index (κ2) is 8.16. The molecule has 0 bridgehead atoms. The van der Waals surface area contributed by atoms with Crippen LogP contribution in [0.3, 0.4) is 0 Å². The highest BCUT2D eigenvalue weighted by molar-refractivity contribution is 5.76. The Morgan fingerprint density at radius 3 is 2.65 bits per heavy atom. The van der Waals surface area contributed by atoms with Gasteiger partial charge in [0.25, 0.3) is 5.88 Å². The number of ether oxygens (including phenoxy) is 1. The molecule has 0 spiro atoms. The molecule has 1 aliphatic heterocycles. The summed E-state index contributed by atoms with van der Waals surface area (Å²) in [5, 5.41) is 3.81. The first kappa shape index (κ1) is 18.2. The number of anilines is 1. The van der Waals surface area contributed by atoms with Crippen LogP contribution >= 0.6 is 0 Å². The van der Waals surface area contributed by atoms with Crippen molar-refractivity contribution in [1.29, 1.82) is 0 Å². The third-order valence-electron chi connectivity index (χ3n) is 4.32. The number of hydrogen-bond donors (Lipinski definition) is 0. The Balaban J connectivity index is 1.48. The number of aryl methyl sites for hydroxylation is 3. The third-order valence-corrected chi connectivity index (χ3v) is 4.32. The second-order valence-corrected chi connectivity index (χ2v) is 6.35. The zero-order valence-corrected chi connectivity index (χ0v) is 15.6. The monoisotopic (exact) mass is 359 g/mol. The van der Waals surface area contributed by atoms with Gasteiger partial charge in [0, 0.05) is 56.8 Å². The molecule has 1 fully saturated rings. The fourth-order valence-electron chi connectivity index (χ4n) is 3.06. The van der Waals surface area contributed by atoms with E-state index in [1.807, 2.05) is 31.7 Å². The first-order valence-electron chi connectivity index (χ1n) is 8.98. The van der Waals surface area contributed by atoms with Crippen LogP contribution in [0.15, 0.2) is 16.7 Å². The Kier molecular flexibility index (Phi) is 5.70. The number of rotatable bonds is 6. The molecule has 0 aliphatic carbocycles. The van der Waals surface area contributed by atoms with Gasteiger partial charge in [-0.25, -0.2) is 9.97 Å². The molecule has 0 aromatic carbocycles. The fourth-order valence-corrected chi connectivity index (χ4v) is 3.06. The quantitative estimate of drug-likeness (QED) is 0.777. The van der Waals surface area contributed by atoms with Crippen LogP contribution < -0.4 is 9.64 Å². The maximum absolute atomic E-state index is 12.4. The highest BCUT2D eigenvalue weighted by Gasteiger charge is 2.22. The number of hydrogen-bond acceptors (Lipinski definition) is 7. The molecular weight excluding hydrogens is 334 g/mol. The minimum absolute atomic E-state index is 0.133. The molecule has 0 N–H and O–H groups in total. The normalized spacial score (nSPS) is 14.6. The molecule has 8 heteroatoms. The van der Waals surface area contributed by atoms with Gasteiger partial charge in [-0.1, -0.05) is 0 Å². The highest BCUT2D eigenvalue weighted by Crippen LogP contribution is 2.17. The van der Waals surface area contributed by atoms with Gasteiger partial charge in [-0.3, -0.25) is 4.79 Å². The van der Waals surface area contributed by atoms with Gasteiger partial charge < -0.3 is 19.1 Å². The lowest BCUT2D eigenvalue weighted by Gasteiger charge is -2.35. The molecule has 1 amide bonds. The lowest BCUT2D eigenvalue weighted by Crippen LogP contribution is -2.49. The molecule has 3 rings (SSSR count). The number of aromatic nitrogens is 3. The molecule has 0 unspecified atom stereocenters. The number of nitrogens with zero attached hydrogens (tertiary/aromatic N) is 5. The molecule has 8 nitrogen and oxygen atoms in total. The van der Waals surface area contributed by atoms with Crippen molar-refractivity contribution in [3.8, 4) is 5.88 Å². The molecule has 0 atom stereocenters. The van der Waals surface area contributed by atoms with Gasteiger partial charge in [-0.05, 0) is 25.9 Å². The van der Waals surface area contributed by atoms with Crippen molar-refractivity contribution in [2.24, 2.45) is 0 Å². The summed E-state index contributed by atoms with van der Waals surface area (Å²) >= 11 is 0. The van der Waals surface area contributed by atoms with Crippen molar-refractivity contribution in [2.75, 3.05) is 37.7 Å². The van der Waals surface area contributed by atoms with Gasteiger partial charge in [0.2, 0.25) is 5.91 Å². The molecule has 3 heterocycles. The van der Waals surface area contributed by atoms with Crippen molar-refractivity contribution in [3.05, 3.63) is 29.4 Å². The summed E-state index contributed by atoms with van der Waals surface area (Å²) in [6.07, 6.45) is 0.940. The predicted octanol–water partition coefficient (Wildman–Crippen LogP) is 1.76. The van der Waals surface area contributed by atoms with E-state index in [1.165, 1.54) is 0 Å². The Labute approximate surface area is 153 Å². The van der Waals surface area contributed by atoms with Gasteiger partial charge in [-0.2, -0.15) is 0 Å². The first-order chi connectivity index (χ1) is 12.5. The largest absolute Gasteiger partial charge is 0.476 e. The maximum Gasteiger partial charge on any atom is 0.254 e. The van der Waals surface area contributed by atoms with Gasteiger partial charge >= 0.3 is 0 Å². The van der Waals surface area contributed by atoms with Crippen LogP contribution in [0.25, 0.3) is 0 Å². The maximum atomic E-state index is 12.4. The van der Waals surface area contributed by atoms with Crippen LogP contribution in [0.4, 0.5) is 5.82 Å². The summed E-state index contributed by atoms with van der Waals surface area (Å²) in [5.41, 5.74) is 0.962. The van der Waals surface area contributed by atoms with E-state index in [9.17, 15) is 4.79 Å². The minimum Gasteiger partial charge on any atom is -0.476 e. The summed E-state index contributed by atoms with van der Waals surface area (Å²) in [6.45, 7) is 9.25. The zero-order valence-electron chi connectivity index (χ0n) is 15.6. The summed E-state index contributed by atoms with van der Waals surface area (Å²) in [5.74, 6) is 2.99. The zero-order chi connectivity index (χ0) is 18.5. The van der Waals surface area contributed by atoms with Crippen molar-refractivity contribution in [2.45, 2.75) is 33.6 Å². The van der Waals surface area contributed by atoms with Crippen LogP contribution in [0.1, 0.15) is 30.6 Å². The number of carbonyl (C=O) groups excluding carboxylic acids is 1. The Hall–Kier alpha value is -2.64. The van der Waals surface area contributed by atoms with E-state index in [4.69, 9.17) is 9.26 Å². The standard InChI is InChI=1S/C18H25N5O3/c1-4-25-17-12-15(26-21-17)5-6-18(24)23-9-7-22(8-10-23)16-11-13(2)19-14(3)20-16/h11-12H,4-10H2,1-3H3. The van der Waals surface area contributed by atoms with Crippen LogP contribution in [0.2, 0.25) is 0 Å². The molecule has 26 heavy (non-hydrogen) atoms. The molecule has 0 radical (unpaired) electrons. The number of amides is 1. The minimum atomic E-state index is 0.133. The van der Waals surface area contributed by atoms with Crippen LogP contribution in [0.5, 0.6) is 5.88 Å². The topological polar surface area (TPSA) is 84.6 Å².